The van der Waals surface area contributed by atoms with Crippen LogP contribution in [-0.2, 0) is 16.0 Å². The number of hydrogen-bond acceptors (Lipinski definition) is 3. The normalized spacial score (nSPS) is 12.1. The number of benzene rings is 1. The first kappa shape index (κ1) is 23.7. The largest absolute Gasteiger partial charge is 0.463 e. The highest BCUT2D eigenvalue weighted by molar-refractivity contribution is 5.69. The summed E-state index contributed by atoms with van der Waals surface area (Å²) in [5.41, 5.74) is 1.20. The lowest BCUT2D eigenvalue weighted by Gasteiger charge is -2.11. The van der Waals surface area contributed by atoms with Crippen LogP contribution in [0.2, 0.25) is 0 Å². The van der Waals surface area contributed by atoms with Gasteiger partial charge in [-0.3, -0.25) is 4.79 Å². The molecule has 0 saturated heterocycles. The lowest BCUT2D eigenvalue weighted by Crippen LogP contribution is -2.19. The van der Waals surface area contributed by atoms with Crippen LogP contribution in [0, 0.1) is 0 Å². The van der Waals surface area contributed by atoms with Crippen LogP contribution < -0.4 is 0 Å². The van der Waals surface area contributed by atoms with Crippen molar-refractivity contribution < 1.29 is 14.6 Å². The van der Waals surface area contributed by atoms with E-state index in [9.17, 15) is 9.90 Å². The third-order valence-corrected chi connectivity index (χ3v) is 5.03. The van der Waals surface area contributed by atoms with Crippen LogP contribution in [0.5, 0.6) is 0 Å². The lowest BCUT2D eigenvalue weighted by molar-refractivity contribution is -0.146. The number of hydrogen-bond donors (Lipinski definition) is 1. The summed E-state index contributed by atoms with van der Waals surface area (Å²) >= 11 is 0. The smallest absolute Gasteiger partial charge is 0.305 e. The van der Waals surface area contributed by atoms with E-state index in [1.54, 1.807) is 0 Å². The number of carbonyl (C=O) groups is 1. The van der Waals surface area contributed by atoms with Gasteiger partial charge in [0.2, 0.25) is 0 Å². The predicted molar refractivity (Wildman–Crippen MR) is 113 cm³/mol. The number of aryl methyl sites for hydroxylation is 1. The molecule has 0 fully saturated rings. The zero-order valence-electron chi connectivity index (χ0n) is 17.3. The summed E-state index contributed by atoms with van der Waals surface area (Å²) in [4.78, 5) is 11.7. The molecule has 3 nitrogen and oxygen atoms in total. The second-order valence-corrected chi connectivity index (χ2v) is 7.65. The van der Waals surface area contributed by atoms with Gasteiger partial charge in [0.05, 0.1) is 6.10 Å². The second-order valence-electron chi connectivity index (χ2n) is 7.65. The minimum absolute atomic E-state index is 0.115. The fourth-order valence-electron chi connectivity index (χ4n) is 3.26. The van der Waals surface area contributed by atoms with Gasteiger partial charge in [0.25, 0.3) is 0 Å². The molecule has 0 bridgehead atoms. The first-order chi connectivity index (χ1) is 13.2. The molecule has 154 valence electrons. The maximum atomic E-state index is 11.7. The molecule has 1 N–H and O–H groups in total. The molecule has 1 aromatic rings. The molecule has 0 aliphatic heterocycles. The third kappa shape index (κ3) is 14.4. The van der Waals surface area contributed by atoms with E-state index < -0.39 is 6.10 Å². The van der Waals surface area contributed by atoms with Crippen LogP contribution in [0.15, 0.2) is 30.3 Å². The summed E-state index contributed by atoms with van der Waals surface area (Å²) in [5, 5.41) is 9.94. The number of rotatable bonds is 17. The first-order valence-electron chi connectivity index (χ1n) is 11.1. The molecular formula is C24H40O3. The minimum Gasteiger partial charge on any atom is -0.463 e. The highest BCUT2D eigenvalue weighted by atomic mass is 16.5. The summed E-state index contributed by atoms with van der Waals surface area (Å²) in [5.74, 6) is -0.176. The van der Waals surface area contributed by atoms with Gasteiger partial charge >= 0.3 is 5.97 Å². The summed E-state index contributed by atoms with van der Waals surface area (Å²) in [7, 11) is 0. The Balaban J connectivity index is 1.88. The van der Waals surface area contributed by atoms with Gasteiger partial charge < -0.3 is 9.84 Å². The minimum atomic E-state index is -0.577. The van der Waals surface area contributed by atoms with Crippen molar-refractivity contribution >= 4 is 5.97 Å². The van der Waals surface area contributed by atoms with Crippen LogP contribution in [-0.4, -0.2) is 23.8 Å². The molecule has 0 aliphatic rings. The molecule has 1 aromatic carbocycles. The maximum Gasteiger partial charge on any atom is 0.305 e. The lowest BCUT2D eigenvalue weighted by atomic mass is 10.1. The zero-order valence-corrected chi connectivity index (χ0v) is 17.3. The van der Waals surface area contributed by atoms with Crippen LogP contribution in [0.4, 0.5) is 0 Å². The topological polar surface area (TPSA) is 46.5 Å². The van der Waals surface area contributed by atoms with Gasteiger partial charge in [0.1, 0.15) is 6.61 Å². The molecule has 0 aromatic heterocycles. The molecule has 0 aliphatic carbocycles. The van der Waals surface area contributed by atoms with Crippen molar-refractivity contribution in [2.24, 2.45) is 0 Å². The van der Waals surface area contributed by atoms with Gasteiger partial charge in [-0.2, -0.15) is 0 Å². The van der Waals surface area contributed by atoms with Gasteiger partial charge in [-0.25, -0.2) is 0 Å². The van der Waals surface area contributed by atoms with Gasteiger partial charge in [-0.15, -0.1) is 0 Å². The molecule has 0 radical (unpaired) electrons. The molecule has 3 heteroatoms. The quantitative estimate of drug-likeness (QED) is 0.259. The fraction of sp³-hybridized carbons (Fsp3) is 0.708. The second kappa shape index (κ2) is 16.8. The van der Waals surface area contributed by atoms with Gasteiger partial charge in [0, 0.05) is 6.42 Å². The van der Waals surface area contributed by atoms with Crippen molar-refractivity contribution in [3.63, 3.8) is 0 Å². The van der Waals surface area contributed by atoms with Crippen molar-refractivity contribution in [3.05, 3.63) is 35.9 Å². The monoisotopic (exact) mass is 376 g/mol. The molecule has 0 heterocycles. The standard InChI is InChI=1S/C24H40O3/c1-2-3-4-5-6-7-8-9-10-11-15-18-24(26)27-21-23(25)20-19-22-16-13-12-14-17-22/h12-14,16-17,23,25H,2-11,15,18-21H2,1H3. The highest BCUT2D eigenvalue weighted by Crippen LogP contribution is 2.12. The highest BCUT2D eigenvalue weighted by Gasteiger charge is 2.09. The first-order valence-corrected chi connectivity index (χ1v) is 11.1. The molecular weight excluding hydrogens is 336 g/mol. The molecule has 0 amide bonds. The summed E-state index contributed by atoms with van der Waals surface area (Å²) < 4.78 is 5.20. The average Bonchev–Trinajstić information content (AvgIpc) is 2.69. The number of carbonyl (C=O) groups excluding carboxylic acids is 1. The predicted octanol–water partition coefficient (Wildman–Crippen LogP) is 6.22. The van der Waals surface area contributed by atoms with Gasteiger partial charge in [-0.1, -0.05) is 101 Å². The van der Waals surface area contributed by atoms with Gasteiger partial charge in [-0.05, 0) is 24.8 Å². The average molecular weight is 377 g/mol. The number of esters is 1. The molecule has 1 unspecified atom stereocenters. The van der Waals surface area contributed by atoms with E-state index in [0.717, 1.165) is 19.3 Å². The summed E-state index contributed by atoms with van der Waals surface area (Å²) in [6.07, 6.45) is 15.3. The Hall–Kier alpha value is -1.35. The third-order valence-electron chi connectivity index (χ3n) is 5.03. The van der Waals surface area contributed by atoms with E-state index in [4.69, 9.17) is 4.74 Å². The summed E-state index contributed by atoms with van der Waals surface area (Å²) in [6.45, 7) is 2.37. The number of ether oxygens (including phenoxy) is 1. The van der Waals surface area contributed by atoms with Crippen molar-refractivity contribution in [1.82, 2.24) is 0 Å². The molecule has 1 atom stereocenters. The number of aliphatic hydroxyl groups excluding tert-OH is 1. The van der Waals surface area contributed by atoms with E-state index in [-0.39, 0.29) is 12.6 Å². The van der Waals surface area contributed by atoms with Crippen LogP contribution in [0.25, 0.3) is 0 Å². The van der Waals surface area contributed by atoms with Crippen LogP contribution >= 0.6 is 0 Å². The fourth-order valence-corrected chi connectivity index (χ4v) is 3.26. The van der Waals surface area contributed by atoms with Crippen molar-refractivity contribution in [3.8, 4) is 0 Å². The maximum absolute atomic E-state index is 11.7. The SMILES string of the molecule is CCCCCCCCCCCCCC(=O)OCC(O)CCc1ccccc1. The van der Waals surface area contributed by atoms with Crippen LogP contribution in [0.1, 0.15) is 96.0 Å². The Labute approximate surface area is 166 Å². The van der Waals surface area contributed by atoms with E-state index in [2.05, 4.69) is 6.92 Å². The van der Waals surface area contributed by atoms with E-state index in [1.807, 2.05) is 30.3 Å². The zero-order chi connectivity index (χ0) is 19.6. The Morgan fingerprint density at radius 3 is 2.04 bits per heavy atom. The van der Waals surface area contributed by atoms with E-state index in [1.165, 1.54) is 63.4 Å². The number of aliphatic hydroxyl groups is 1. The Morgan fingerprint density at radius 1 is 0.889 bits per heavy atom. The van der Waals surface area contributed by atoms with Crippen molar-refractivity contribution in [2.45, 2.75) is 103 Å². The Morgan fingerprint density at radius 2 is 1.44 bits per heavy atom. The van der Waals surface area contributed by atoms with E-state index in [0.29, 0.717) is 12.8 Å². The molecule has 0 saturated carbocycles. The molecule has 1 rings (SSSR count). The van der Waals surface area contributed by atoms with E-state index >= 15 is 0 Å². The van der Waals surface area contributed by atoms with Gasteiger partial charge in [0.15, 0.2) is 0 Å². The van der Waals surface area contributed by atoms with Crippen LogP contribution in [0.3, 0.4) is 0 Å². The number of unbranched alkanes of at least 4 members (excludes halogenated alkanes) is 10. The molecule has 0 spiro atoms. The Kier molecular flexibility index (Phi) is 14.7. The van der Waals surface area contributed by atoms with Crippen molar-refractivity contribution in [2.75, 3.05) is 6.61 Å². The van der Waals surface area contributed by atoms with Crippen molar-refractivity contribution in [1.29, 1.82) is 0 Å². The molecule has 27 heavy (non-hydrogen) atoms. The summed E-state index contributed by atoms with van der Waals surface area (Å²) in [6, 6.07) is 10.1. The Bertz CT molecular complexity index is 458.